The molecule has 0 bridgehead atoms. The van der Waals surface area contributed by atoms with Gasteiger partial charge in [0.25, 0.3) is 0 Å². The molecule has 0 amide bonds. The summed E-state index contributed by atoms with van der Waals surface area (Å²) < 4.78 is 14.8. The van der Waals surface area contributed by atoms with Crippen LogP contribution in [0.25, 0.3) is 0 Å². The van der Waals surface area contributed by atoms with Crippen molar-refractivity contribution in [2.45, 2.75) is 26.0 Å². The first-order chi connectivity index (χ1) is 12.1. The number of hydrogen-bond acceptors (Lipinski definition) is 7. The Morgan fingerprint density at radius 3 is 1.40 bits per heavy atom. The standard InChI is InChI=1S/C16H16N2O7/c19-17(20)15(23-11-13-7-3-1-4-8-13)25-16(18(21)22)24-12-14-9-5-2-6-10-14/h1-10,15-16H,11-12H2. The highest BCUT2D eigenvalue weighted by Crippen LogP contribution is 2.11. The molecule has 0 aliphatic rings. The van der Waals surface area contributed by atoms with Gasteiger partial charge >= 0.3 is 12.8 Å². The van der Waals surface area contributed by atoms with Gasteiger partial charge in [0.2, 0.25) is 0 Å². The quantitative estimate of drug-likeness (QED) is 0.368. The maximum absolute atomic E-state index is 11.0. The SMILES string of the molecule is O=[N+]([O-])C(OCc1ccccc1)OC(OCc1ccccc1)[N+](=O)[O-]. The second kappa shape index (κ2) is 9.42. The average molecular weight is 348 g/mol. The first-order valence-corrected chi connectivity index (χ1v) is 7.30. The molecule has 2 aromatic rings. The highest BCUT2D eigenvalue weighted by Gasteiger charge is 2.34. The van der Waals surface area contributed by atoms with Crippen LogP contribution in [0, 0.1) is 20.2 Å². The van der Waals surface area contributed by atoms with E-state index in [9.17, 15) is 20.2 Å². The summed E-state index contributed by atoms with van der Waals surface area (Å²) in [6.07, 6.45) is -4.04. The van der Waals surface area contributed by atoms with Crippen LogP contribution in [0.5, 0.6) is 0 Å². The van der Waals surface area contributed by atoms with Crippen molar-refractivity contribution in [2.24, 2.45) is 0 Å². The van der Waals surface area contributed by atoms with Gasteiger partial charge in [0.05, 0.1) is 23.1 Å². The molecular weight excluding hydrogens is 332 g/mol. The van der Waals surface area contributed by atoms with E-state index in [4.69, 9.17) is 14.2 Å². The Morgan fingerprint density at radius 1 is 0.720 bits per heavy atom. The van der Waals surface area contributed by atoms with Gasteiger partial charge in [-0.15, -0.1) is 0 Å². The molecule has 0 aliphatic carbocycles. The normalized spacial score (nSPS) is 13.1. The van der Waals surface area contributed by atoms with Gasteiger partial charge in [-0.1, -0.05) is 60.7 Å². The zero-order valence-electron chi connectivity index (χ0n) is 13.1. The third-order valence-corrected chi connectivity index (χ3v) is 3.05. The Bertz CT molecular complexity index is 622. The lowest BCUT2D eigenvalue weighted by Crippen LogP contribution is -2.36. The van der Waals surface area contributed by atoms with Gasteiger partial charge < -0.3 is 0 Å². The molecule has 9 nitrogen and oxygen atoms in total. The highest BCUT2D eigenvalue weighted by atomic mass is 16.9. The summed E-state index contributed by atoms with van der Waals surface area (Å²) in [6, 6.07) is 17.3. The van der Waals surface area contributed by atoms with E-state index in [1.54, 1.807) is 60.7 Å². The van der Waals surface area contributed by atoms with E-state index in [0.717, 1.165) is 0 Å². The summed E-state index contributed by atoms with van der Waals surface area (Å²) in [4.78, 5) is 20.3. The molecule has 0 aromatic heterocycles. The number of ether oxygens (including phenoxy) is 3. The van der Waals surface area contributed by atoms with E-state index in [-0.39, 0.29) is 13.2 Å². The lowest BCUT2D eigenvalue weighted by molar-refractivity contribution is -0.713. The first-order valence-electron chi connectivity index (χ1n) is 7.30. The van der Waals surface area contributed by atoms with Gasteiger partial charge in [-0.3, -0.25) is 29.7 Å². The Kier molecular flexibility index (Phi) is 6.96. The fourth-order valence-electron chi connectivity index (χ4n) is 1.88. The van der Waals surface area contributed by atoms with Gasteiger partial charge in [0.1, 0.15) is 0 Å². The van der Waals surface area contributed by atoms with Crippen LogP contribution in [-0.2, 0) is 27.4 Å². The van der Waals surface area contributed by atoms with Crippen LogP contribution in [0.1, 0.15) is 11.1 Å². The predicted molar refractivity (Wildman–Crippen MR) is 85.1 cm³/mol. The summed E-state index contributed by atoms with van der Waals surface area (Å²) in [5.74, 6) is 0. The van der Waals surface area contributed by atoms with Gasteiger partial charge in [0.15, 0.2) is 0 Å². The van der Waals surface area contributed by atoms with Crippen molar-refractivity contribution in [3.8, 4) is 0 Å². The number of rotatable bonds is 10. The molecule has 0 radical (unpaired) electrons. The second-order valence-electron chi connectivity index (χ2n) is 4.91. The average Bonchev–Trinajstić information content (AvgIpc) is 2.62. The van der Waals surface area contributed by atoms with Gasteiger partial charge in [-0.25, -0.2) is 0 Å². The monoisotopic (exact) mass is 348 g/mol. The molecule has 0 aliphatic heterocycles. The predicted octanol–water partition coefficient (Wildman–Crippen LogP) is 2.56. The molecular formula is C16H16N2O7. The van der Waals surface area contributed by atoms with Crippen LogP contribution >= 0.6 is 0 Å². The fraction of sp³-hybridized carbons (Fsp3) is 0.250. The molecule has 0 fully saturated rings. The van der Waals surface area contributed by atoms with E-state index in [2.05, 4.69) is 0 Å². The maximum atomic E-state index is 11.0. The number of benzene rings is 2. The summed E-state index contributed by atoms with van der Waals surface area (Å²) in [5, 5.41) is 22.1. The molecule has 0 saturated carbocycles. The van der Waals surface area contributed by atoms with E-state index in [1.165, 1.54) is 0 Å². The number of nitrogens with zero attached hydrogens (tertiary/aromatic N) is 2. The lowest BCUT2D eigenvalue weighted by Gasteiger charge is -2.14. The maximum Gasteiger partial charge on any atom is 0.439 e. The fourth-order valence-corrected chi connectivity index (χ4v) is 1.88. The minimum absolute atomic E-state index is 0.129. The molecule has 0 spiro atoms. The summed E-state index contributed by atoms with van der Waals surface area (Å²) in [6.45, 7) is -0.259. The van der Waals surface area contributed by atoms with Crippen LogP contribution in [-0.4, -0.2) is 22.7 Å². The van der Waals surface area contributed by atoms with Gasteiger partial charge in [0, 0.05) is 0 Å². The Morgan fingerprint density at radius 2 is 1.08 bits per heavy atom. The third-order valence-electron chi connectivity index (χ3n) is 3.05. The first kappa shape index (κ1) is 18.5. The zero-order valence-corrected chi connectivity index (χ0v) is 13.1. The number of hydrogen-bond donors (Lipinski definition) is 0. The van der Waals surface area contributed by atoms with Crippen molar-refractivity contribution < 1.29 is 24.1 Å². The zero-order chi connectivity index (χ0) is 18.1. The number of nitro groups is 2. The topological polar surface area (TPSA) is 114 Å². The van der Waals surface area contributed by atoms with Crippen molar-refractivity contribution in [1.82, 2.24) is 0 Å². The summed E-state index contributed by atoms with van der Waals surface area (Å²) in [7, 11) is 0. The van der Waals surface area contributed by atoms with Crippen LogP contribution < -0.4 is 0 Å². The Hall–Kier alpha value is -2.88. The highest BCUT2D eigenvalue weighted by molar-refractivity contribution is 5.14. The molecule has 2 unspecified atom stereocenters. The molecule has 25 heavy (non-hydrogen) atoms. The van der Waals surface area contributed by atoms with E-state index in [0.29, 0.717) is 11.1 Å². The van der Waals surface area contributed by atoms with Crippen molar-refractivity contribution in [3.05, 3.63) is 92.0 Å². The minimum Gasteiger partial charge on any atom is -0.288 e. The molecule has 2 atom stereocenters. The Labute approximate surface area is 143 Å². The van der Waals surface area contributed by atoms with Crippen LogP contribution in [0.15, 0.2) is 60.7 Å². The van der Waals surface area contributed by atoms with Crippen molar-refractivity contribution in [1.29, 1.82) is 0 Å². The van der Waals surface area contributed by atoms with Crippen molar-refractivity contribution in [2.75, 3.05) is 0 Å². The Balaban J connectivity index is 1.93. The van der Waals surface area contributed by atoms with E-state index in [1.807, 2.05) is 0 Å². The molecule has 132 valence electrons. The van der Waals surface area contributed by atoms with E-state index < -0.39 is 22.7 Å². The van der Waals surface area contributed by atoms with Crippen LogP contribution in [0.2, 0.25) is 0 Å². The molecule has 0 heterocycles. The van der Waals surface area contributed by atoms with Gasteiger partial charge in [-0.05, 0) is 11.1 Å². The molecule has 2 aromatic carbocycles. The lowest BCUT2D eigenvalue weighted by atomic mass is 10.2. The molecule has 0 saturated heterocycles. The summed E-state index contributed by atoms with van der Waals surface area (Å²) in [5.41, 5.74) is 1.33. The minimum atomic E-state index is -2.02. The van der Waals surface area contributed by atoms with E-state index >= 15 is 0 Å². The molecule has 2 rings (SSSR count). The smallest absolute Gasteiger partial charge is 0.288 e. The molecule has 0 N–H and O–H groups in total. The van der Waals surface area contributed by atoms with Crippen molar-refractivity contribution >= 4 is 0 Å². The van der Waals surface area contributed by atoms with Crippen LogP contribution in [0.3, 0.4) is 0 Å². The third kappa shape index (κ3) is 6.26. The molecule has 9 heteroatoms. The van der Waals surface area contributed by atoms with Crippen LogP contribution in [0.4, 0.5) is 0 Å². The largest absolute Gasteiger partial charge is 0.439 e. The summed E-state index contributed by atoms with van der Waals surface area (Å²) >= 11 is 0. The second-order valence-corrected chi connectivity index (χ2v) is 4.91. The van der Waals surface area contributed by atoms with Gasteiger partial charge in [-0.2, -0.15) is 4.74 Å². The van der Waals surface area contributed by atoms with Crippen molar-refractivity contribution in [3.63, 3.8) is 0 Å².